The van der Waals surface area contributed by atoms with Crippen molar-refractivity contribution < 1.29 is 9.21 Å². The molecule has 0 aliphatic heterocycles. The smallest absolute Gasteiger partial charge is 0.268 e. The van der Waals surface area contributed by atoms with E-state index in [0.29, 0.717) is 12.5 Å². The lowest BCUT2D eigenvalue weighted by Crippen LogP contribution is -2.29. The lowest BCUT2D eigenvalue weighted by Gasteiger charge is -2.11. The number of furan rings is 1. The third kappa shape index (κ3) is 2.53. The molecule has 1 amide bonds. The van der Waals surface area contributed by atoms with Crippen LogP contribution in [-0.4, -0.2) is 17.0 Å². The lowest BCUT2D eigenvalue weighted by molar-refractivity contribution is 0.0939. The quantitative estimate of drug-likeness (QED) is 0.898. The van der Waals surface area contributed by atoms with Crippen LogP contribution in [0.3, 0.4) is 0 Å². The standard InChI is InChI=1S/C15H20N2O2/c1-10(2)8-16-15(18)13-7-14-12(5-6-19-14)17(13)9-11-3-4-11/h5-7,10-11H,3-4,8-9H2,1-2H3,(H,16,18). The molecule has 1 N–H and O–H groups in total. The fourth-order valence-electron chi connectivity index (χ4n) is 2.31. The summed E-state index contributed by atoms with van der Waals surface area (Å²) in [5.74, 6) is 1.18. The van der Waals surface area contributed by atoms with Gasteiger partial charge in [0.2, 0.25) is 0 Å². The Kier molecular flexibility index (Phi) is 3.09. The Balaban J connectivity index is 1.87. The Morgan fingerprint density at radius 2 is 2.32 bits per heavy atom. The molecule has 1 aliphatic rings. The van der Waals surface area contributed by atoms with Crippen LogP contribution < -0.4 is 5.32 Å². The van der Waals surface area contributed by atoms with Gasteiger partial charge in [-0.05, 0) is 24.7 Å². The second kappa shape index (κ2) is 4.76. The summed E-state index contributed by atoms with van der Waals surface area (Å²) in [6.07, 6.45) is 4.22. The second-order valence-corrected chi connectivity index (χ2v) is 5.86. The number of nitrogens with one attached hydrogen (secondary N) is 1. The van der Waals surface area contributed by atoms with Gasteiger partial charge in [0.25, 0.3) is 5.91 Å². The number of nitrogens with zero attached hydrogens (tertiary/aromatic N) is 1. The van der Waals surface area contributed by atoms with Crippen LogP contribution in [0.15, 0.2) is 22.8 Å². The van der Waals surface area contributed by atoms with Gasteiger partial charge < -0.3 is 14.3 Å². The molecule has 0 aromatic carbocycles. The summed E-state index contributed by atoms with van der Waals surface area (Å²) < 4.78 is 7.52. The van der Waals surface area contributed by atoms with Gasteiger partial charge in [0.1, 0.15) is 5.69 Å². The second-order valence-electron chi connectivity index (χ2n) is 5.86. The maximum atomic E-state index is 12.3. The maximum absolute atomic E-state index is 12.3. The van der Waals surface area contributed by atoms with Crippen LogP contribution in [0.5, 0.6) is 0 Å². The van der Waals surface area contributed by atoms with Gasteiger partial charge in [0, 0.05) is 25.2 Å². The largest absolute Gasteiger partial charge is 0.463 e. The number of aromatic nitrogens is 1. The van der Waals surface area contributed by atoms with Crippen molar-refractivity contribution in [3.05, 3.63) is 24.1 Å². The van der Waals surface area contributed by atoms with Crippen molar-refractivity contribution in [3.63, 3.8) is 0 Å². The van der Waals surface area contributed by atoms with E-state index in [2.05, 4.69) is 23.7 Å². The molecular weight excluding hydrogens is 240 g/mol. The van der Waals surface area contributed by atoms with Crippen molar-refractivity contribution in [2.75, 3.05) is 6.54 Å². The average Bonchev–Trinajstić information content (AvgIpc) is 2.95. The first-order chi connectivity index (χ1) is 9.15. The van der Waals surface area contributed by atoms with Crippen molar-refractivity contribution in [1.82, 2.24) is 9.88 Å². The first kappa shape index (κ1) is 12.3. The monoisotopic (exact) mass is 260 g/mol. The fraction of sp³-hybridized carbons (Fsp3) is 0.533. The van der Waals surface area contributed by atoms with Crippen molar-refractivity contribution in [3.8, 4) is 0 Å². The third-order valence-electron chi connectivity index (χ3n) is 3.56. The maximum Gasteiger partial charge on any atom is 0.268 e. The molecular formula is C15H20N2O2. The molecule has 0 radical (unpaired) electrons. The Hall–Kier alpha value is -1.71. The van der Waals surface area contributed by atoms with Crippen LogP contribution in [0.25, 0.3) is 11.1 Å². The van der Waals surface area contributed by atoms with Crippen LogP contribution >= 0.6 is 0 Å². The first-order valence-electron chi connectivity index (χ1n) is 7.00. The van der Waals surface area contributed by atoms with Crippen LogP contribution in [0.4, 0.5) is 0 Å². The van der Waals surface area contributed by atoms with Crippen LogP contribution in [-0.2, 0) is 6.54 Å². The molecule has 0 unspecified atom stereocenters. The zero-order chi connectivity index (χ0) is 13.4. The van der Waals surface area contributed by atoms with Crippen molar-refractivity contribution >= 4 is 17.0 Å². The van der Waals surface area contributed by atoms with Crippen LogP contribution in [0.1, 0.15) is 37.2 Å². The molecule has 2 heterocycles. The number of hydrogen-bond acceptors (Lipinski definition) is 2. The van der Waals surface area contributed by atoms with E-state index in [1.165, 1.54) is 12.8 Å². The third-order valence-corrected chi connectivity index (χ3v) is 3.56. The van der Waals surface area contributed by atoms with Crippen molar-refractivity contribution in [1.29, 1.82) is 0 Å². The number of amides is 1. The molecule has 0 saturated heterocycles. The van der Waals surface area contributed by atoms with Gasteiger partial charge in [-0.25, -0.2) is 0 Å². The highest BCUT2D eigenvalue weighted by molar-refractivity contribution is 5.97. The Morgan fingerprint density at radius 1 is 1.53 bits per heavy atom. The van der Waals surface area contributed by atoms with E-state index < -0.39 is 0 Å². The van der Waals surface area contributed by atoms with E-state index in [0.717, 1.165) is 29.3 Å². The molecule has 1 fully saturated rings. The highest BCUT2D eigenvalue weighted by Gasteiger charge is 2.26. The summed E-state index contributed by atoms with van der Waals surface area (Å²) in [7, 11) is 0. The van der Waals surface area contributed by atoms with E-state index in [1.807, 2.05) is 12.1 Å². The van der Waals surface area contributed by atoms with Gasteiger partial charge in [-0.1, -0.05) is 13.8 Å². The zero-order valence-corrected chi connectivity index (χ0v) is 11.5. The summed E-state index contributed by atoms with van der Waals surface area (Å²) in [6, 6.07) is 3.80. The molecule has 4 heteroatoms. The van der Waals surface area contributed by atoms with Gasteiger partial charge in [-0.3, -0.25) is 4.79 Å². The molecule has 0 spiro atoms. The summed E-state index contributed by atoms with van der Waals surface area (Å²) >= 11 is 0. The minimum absolute atomic E-state index is 0.000694. The van der Waals surface area contributed by atoms with Crippen LogP contribution in [0, 0.1) is 11.8 Å². The Bertz CT molecular complexity index is 590. The number of carbonyl (C=O) groups is 1. The van der Waals surface area contributed by atoms with Crippen molar-refractivity contribution in [2.45, 2.75) is 33.2 Å². The Labute approximate surface area is 112 Å². The summed E-state index contributed by atoms with van der Waals surface area (Å²) in [5, 5.41) is 2.98. The number of rotatable bonds is 5. The minimum atomic E-state index is 0.000694. The van der Waals surface area contributed by atoms with E-state index in [9.17, 15) is 4.79 Å². The molecule has 2 aromatic rings. The zero-order valence-electron chi connectivity index (χ0n) is 11.5. The van der Waals surface area contributed by atoms with Crippen LogP contribution in [0.2, 0.25) is 0 Å². The topological polar surface area (TPSA) is 47.2 Å². The SMILES string of the molecule is CC(C)CNC(=O)c1cc2occc2n1CC1CC1. The van der Waals surface area contributed by atoms with Crippen molar-refractivity contribution in [2.24, 2.45) is 11.8 Å². The number of hydrogen-bond donors (Lipinski definition) is 1. The normalized spacial score (nSPS) is 15.3. The van der Waals surface area contributed by atoms with Gasteiger partial charge in [0.15, 0.2) is 5.58 Å². The lowest BCUT2D eigenvalue weighted by atomic mass is 10.2. The molecule has 2 aromatic heterocycles. The molecule has 19 heavy (non-hydrogen) atoms. The predicted molar refractivity (Wildman–Crippen MR) is 74.1 cm³/mol. The van der Waals surface area contributed by atoms with E-state index in [-0.39, 0.29) is 5.91 Å². The molecule has 1 saturated carbocycles. The number of fused-ring (bicyclic) bond motifs is 1. The van der Waals surface area contributed by atoms with E-state index >= 15 is 0 Å². The summed E-state index contributed by atoms with van der Waals surface area (Å²) in [4.78, 5) is 12.3. The van der Waals surface area contributed by atoms with E-state index in [1.54, 1.807) is 6.26 Å². The Morgan fingerprint density at radius 3 is 3.00 bits per heavy atom. The number of carbonyl (C=O) groups excluding carboxylic acids is 1. The van der Waals surface area contributed by atoms with Gasteiger partial charge in [-0.15, -0.1) is 0 Å². The van der Waals surface area contributed by atoms with E-state index in [4.69, 9.17) is 4.42 Å². The highest BCUT2D eigenvalue weighted by Crippen LogP contribution is 2.33. The minimum Gasteiger partial charge on any atom is -0.463 e. The molecule has 102 valence electrons. The van der Waals surface area contributed by atoms with Gasteiger partial charge >= 0.3 is 0 Å². The summed E-state index contributed by atoms with van der Waals surface area (Å²) in [5.41, 5.74) is 2.55. The molecule has 4 nitrogen and oxygen atoms in total. The fourth-order valence-corrected chi connectivity index (χ4v) is 2.31. The van der Waals surface area contributed by atoms with Gasteiger partial charge in [0.05, 0.1) is 11.8 Å². The molecule has 0 bridgehead atoms. The predicted octanol–water partition coefficient (Wildman–Crippen LogP) is 3.03. The van der Waals surface area contributed by atoms with Gasteiger partial charge in [-0.2, -0.15) is 0 Å². The molecule has 1 aliphatic carbocycles. The average molecular weight is 260 g/mol. The highest BCUT2D eigenvalue weighted by atomic mass is 16.3. The molecule has 3 rings (SSSR count). The summed E-state index contributed by atoms with van der Waals surface area (Å²) in [6.45, 7) is 5.81. The first-order valence-corrected chi connectivity index (χ1v) is 7.00. The molecule has 0 atom stereocenters.